The number of hydrogen-bond acceptors (Lipinski definition) is 4. The van der Waals surface area contributed by atoms with Gasteiger partial charge in [0.2, 0.25) is 0 Å². The number of rotatable bonds is 3. The third kappa shape index (κ3) is 1.76. The summed E-state index contributed by atoms with van der Waals surface area (Å²) >= 11 is 1.66. The van der Waals surface area contributed by atoms with Gasteiger partial charge in [-0.2, -0.15) is 5.10 Å². The van der Waals surface area contributed by atoms with E-state index in [2.05, 4.69) is 22.4 Å². The molecule has 86 valence electrons. The zero-order chi connectivity index (χ0) is 11.8. The Morgan fingerprint density at radius 3 is 2.75 bits per heavy atom. The molecule has 0 fully saturated rings. The summed E-state index contributed by atoms with van der Waals surface area (Å²) in [6.07, 6.45) is 3.87. The summed E-state index contributed by atoms with van der Waals surface area (Å²) in [6, 6.07) is 0. The summed E-state index contributed by atoms with van der Waals surface area (Å²) < 4.78 is 1.80. The van der Waals surface area contributed by atoms with Crippen LogP contribution in [0.5, 0.6) is 0 Å². The van der Waals surface area contributed by atoms with Crippen LogP contribution in [0.2, 0.25) is 0 Å². The molecule has 16 heavy (non-hydrogen) atoms. The molecule has 2 N–H and O–H groups in total. The van der Waals surface area contributed by atoms with Gasteiger partial charge < -0.3 is 5.73 Å². The van der Waals surface area contributed by atoms with Crippen LogP contribution >= 0.6 is 11.3 Å². The van der Waals surface area contributed by atoms with E-state index in [4.69, 9.17) is 5.73 Å². The van der Waals surface area contributed by atoms with Crippen LogP contribution in [0, 0.1) is 6.92 Å². The molecule has 0 aliphatic rings. The summed E-state index contributed by atoms with van der Waals surface area (Å²) in [5, 5.41) is 7.31. The standard InChI is InChI=1S/C11H16N4S/c1-8-6-16-10(14-8)11(2,7-12)9-4-13-15(3)5-9/h4-6H,7,12H2,1-3H3. The Labute approximate surface area is 99.1 Å². The number of nitrogens with two attached hydrogens (primary N) is 1. The van der Waals surface area contributed by atoms with Crippen molar-refractivity contribution in [2.45, 2.75) is 19.3 Å². The summed E-state index contributed by atoms with van der Waals surface area (Å²) in [6.45, 7) is 4.65. The van der Waals surface area contributed by atoms with Crippen molar-refractivity contribution in [1.82, 2.24) is 14.8 Å². The minimum Gasteiger partial charge on any atom is -0.329 e. The van der Waals surface area contributed by atoms with Crippen molar-refractivity contribution in [2.24, 2.45) is 12.8 Å². The van der Waals surface area contributed by atoms with E-state index >= 15 is 0 Å². The van der Waals surface area contributed by atoms with Gasteiger partial charge in [0.1, 0.15) is 5.01 Å². The maximum absolute atomic E-state index is 5.92. The molecule has 0 radical (unpaired) electrons. The SMILES string of the molecule is Cc1csc(C(C)(CN)c2cnn(C)c2)n1. The fraction of sp³-hybridized carbons (Fsp3) is 0.455. The lowest BCUT2D eigenvalue weighted by molar-refractivity contribution is 0.577. The molecular formula is C11H16N4S. The van der Waals surface area contributed by atoms with Crippen molar-refractivity contribution in [3.63, 3.8) is 0 Å². The van der Waals surface area contributed by atoms with Gasteiger partial charge in [-0.3, -0.25) is 4.68 Å². The van der Waals surface area contributed by atoms with Crippen LogP contribution in [0.15, 0.2) is 17.8 Å². The van der Waals surface area contributed by atoms with E-state index in [-0.39, 0.29) is 5.41 Å². The molecule has 2 rings (SSSR count). The lowest BCUT2D eigenvalue weighted by atomic mass is 9.85. The second-order valence-corrected chi connectivity index (χ2v) is 5.09. The van der Waals surface area contributed by atoms with E-state index in [1.165, 1.54) is 0 Å². The molecular weight excluding hydrogens is 220 g/mol. The minimum absolute atomic E-state index is 0.229. The molecule has 0 saturated carbocycles. The molecule has 1 unspecified atom stereocenters. The van der Waals surface area contributed by atoms with Gasteiger partial charge in [0.25, 0.3) is 0 Å². The first-order chi connectivity index (χ1) is 7.56. The normalized spacial score (nSPS) is 15.0. The number of thiazole rings is 1. The molecule has 1 atom stereocenters. The first-order valence-electron chi connectivity index (χ1n) is 5.18. The molecule has 4 nitrogen and oxygen atoms in total. The third-order valence-corrected chi connectivity index (χ3v) is 4.07. The van der Waals surface area contributed by atoms with Crippen LogP contribution in [0.4, 0.5) is 0 Å². The largest absolute Gasteiger partial charge is 0.329 e. The summed E-state index contributed by atoms with van der Waals surface area (Å²) in [7, 11) is 1.91. The molecule has 0 aromatic carbocycles. The predicted octanol–water partition coefficient (Wildman–Crippen LogP) is 1.45. The Morgan fingerprint density at radius 2 is 2.31 bits per heavy atom. The maximum Gasteiger partial charge on any atom is 0.104 e. The molecule has 2 heterocycles. The van der Waals surface area contributed by atoms with Crippen molar-refractivity contribution in [1.29, 1.82) is 0 Å². The van der Waals surface area contributed by atoms with Crippen molar-refractivity contribution in [3.8, 4) is 0 Å². The average molecular weight is 236 g/mol. The lowest BCUT2D eigenvalue weighted by Crippen LogP contribution is -2.32. The fourth-order valence-electron chi connectivity index (χ4n) is 1.64. The summed E-state index contributed by atoms with van der Waals surface area (Å²) in [4.78, 5) is 4.54. The van der Waals surface area contributed by atoms with Gasteiger partial charge in [-0.15, -0.1) is 11.3 Å². The highest BCUT2D eigenvalue weighted by Crippen LogP contribution is 2.32. The third-order valence-electron chi connectivity index (χ3n) is 2.84. The molecule has 0 saturated heterocycles. The van der Waals surface area contributed by atoms with Crippen LogP contribution in [-0.2, 0) is 12.5 Å². The van der Waals surface area contributed by atoms with E-state index in [0.29, 0.717) is 6.54 Å². The molecule has 0 amide bonds. The first kappa shape index (κ1) is 11.3. The van der Waals surface area contributed by atoms with Gasteiger partial charge in [0.05, 0.1) is 11.6 Å². The highest BCUT2D eigenvalue weighted by molar-refractivity contribution is 7.09. The van der Waals surface area contributed by atoms with E-state index in [1.54, 1.807) is 16.0 Å². The number of hydrogen-bond donors (Lipinski definition) is 1. The number of aromatic nitrogens is 3. The number of nitrogens with zero attached hydrogens (tertiary/aromatic N) is 3. The Morgan fingerprint density at radius 1 is 1.56 bits per heavy atom. The van der Waals surface area contributed by atoms with Crippen molar-refractivity contribution < 1.29 is 0 Å². The van der Waals surface area contributed by atoms with Gasteiger partial charge in [0.15, 0.2) is 0 Å². The highest BCUT2D eigenvalue weighted by Gasteiger charge is 2.31. The van der Waals surface area contributed by atoms with E-state index < -0.39 is 0 Å². The highest BCUT2D eigenvalue weighted by atomic mass is 32.1. The second kappa shape index (κ2) is 3.99. The smallest absolute Gasteiger partial charge is 0.104 e. The molecule has 2 aromatic heterocycles. The van der Waals surface area contributed by atoms with Crippen LogP contribution < -0.4 is 5.73 Å². The van der Waals surface area contributed by atoms with Crippen molar-refractivity contribution in [2.75, 3.05) is 6.54 Å². The van der Waals surface area contributed by atoms with E-state index in [1.807, 2.05) is 26.4 Å². The average Bonchev–Trinajstić information content (AvgIpc) is 2.86. The van der Waals surface area contributed by atoms with Crippen molar-refractivity contribution >= 4 is 11.3 Å². The van der Waals surface area contributed by atoms with E-state index in [9.17, 15) is 0 Å². The quantitative estimate of drug-likeness (QED) is 0.877. The molecule has 0 bridgehead atoms. The zero-order valence-corrected chi connectivity index (χ0v) is 10.6. The zero-order valence-electron chi connectivity index (χ0n) is 9.77. The minimum atomic E-state index is -0.229. The molecule has 2 aromatic rings. The van der Waals surface area contributed by atoms with Gasteiger partial charge in [0, 0.05) is 36.4 Å². The van der Waals surface area contributed by atoms with Crippen LogP contribution in [0.1, 0.15) is 23.2 Å². The Bertz CT molecular complexity index is 445. The first-order valence-corrected chi connectivity index (χ1v) is 6.06. The number of aryl methyl sites for hydroxylation is 2. The Balaban J connectivity index is 2.47. The molecule has 0 spiro atoms. The topological polar surface area (TPSA) is 56.7 Å². The molecule has 5 heteroatoms. The van der Waals surface area contributed by atoms with Crippen molar-refractivity contribution in [3.05, 3.63) is 34.0 Å². The summed E-state index contributed by atoms with van der Waals surface area (Å²) in [5.41, 5.74) is 7.85. The molecule has 0 aliphatic heterocycles. The van der Waals surface area contributed by atoms with Gasteiger partial charge >= 0.3 is 0 Å². The van der Waals surface area contributed by atoms with Gasteiger partial charge in [-0.1, -0.05) is 0 Å². The Kier molecular flexibility index (Phi) is 2.82. The van der Waals surface area contributed by atoms with Crippen LogP contribution in [0.3, 0.4) is 0 Å². The van der Waals surface area contributed by atoms with Gasteiger partial charge in [-0.25, -0.2) is 4.98 Å². The van der Waals surface area contributed by atoms with Crippen LogP contribution in [-0.4, -0.2) is 21.3 Å². The Hall–Kier alpha value is -1.20. The fourth-order valence-corrected chi connectivity index (χ4v) is 2.64. The maximum atomic E-state index is 5.92. The predicted molar refractivity (Wildman–Crippen MR) is 65.6 cm³/mol. The second-order valence-electron chi connectivity index (χ2n) is 4.23. The van der Waals surface area contributed by atoms with E-state index in [0.717, 1.165) is 16.3 Å². The molecule has 0 aliphatic carbocycles. The van der Waals surface area contributed by atoms with Gasteiger partial charge in [-0.05, 0) is 13.8 Å². The lowest BCUT2D eigenvalue weighted by Gasteiger charge is -2.24. The summed E-state index contributed by atoms with van der Waals surface area (Å²) in [5.74, 6) is 0. The van der Waals surface area contributed by atoms with Crippen LogP contribution in [0.25, 0.3) is 0 Å². The monoisotopic (exact) mass is 236 g/mol.